The lowest BCUT2D eigenvalue weighted by Gasteiger charge is -2.14. The first kappa shape index (κ1) is 14.3. The SMILES string of the molecule is C=C(CCC)Nc1cc(C(=O)OC)cc(C)c1C. The lowest BCUT2D eigenvalue weighted by molar-refractivity contribution is 0.0600. The molecule has 0 aliphatic heterocycles. The van der Waals surface area contributed by atoms with Gasteiger partial charge in [-0.2, -0.15) is 0 Å². The molecule has 0 heterocycles. The number of anilines is 1. The van der Waals surface area contributed by atoms with E-state index in [0.717, 1.165) is 35.4 Å². The van der Waals surface area contributed by atoms with Gasteiger partial charge in [-0.05, 0) is 43.5 Å². The highest BCUT2D eigenvalue weighted by Gasteiger charge is 2.11. The van der Waals surface area contributed by atoms with Crippen molar-refractivity contribution in [3.8, 4) is 0 Å². The van der Waals surface area contributed by atoms with Gasteiger partial charge in [-0.15, -0.1) is 0 Å². The van der Waals surface area contributed by atoms with Crippen LogP contribution in [0.4, 0.5) is 5.69 Å². The van der Waals surface area contributed by atoms with Crippen LogP contribution in [-0.4, -0.2) is 13.1 Å². The first-order valence-electron chi connectivity index (χ1n) is 6.14. The van der Waals surface area contributed by atoms with Gasteiger partial charge in [0.2, 0.25) is 0 Å². The zero-order valence-corrected chi connectivity index (χ0v) is 11.6. The molecule has 0 atom stereocenters. The molecule has 1 rings (SSSR count). The normalized spacial score (nSPS) is 10.0. The highest BCUT2D eigenvalue weighted by molar-refractivity contribution is 5.91. The molecule has 18 heavy (non-hydrogen) atoms. The molecular formula is C15H21NO2. The third-order valence-corrected chi connectivity index (χ3v) is 2.95. The molecule has 0 aliphatic rings. The molecule has 3 nitrogen and oxygen atoms in total. The maximum atomic E-state index is 11.6. The van der Waals surface area contributed by atoms with Crippen molar-refractivity contribution < 1.29 is 9.53 Å². The lowest BCUT2D eigenvalue weighted by Crippen LogP contribution is -2.06. The van der Waals surface area contributed by atoms with Gasteiger partial charge in [-0.1, -0.05) is 19.9 Å². The number of carbonyl (C=O) groups is 1. The molecule has 1 aromatic carbocycles. The fourth-order valence-electron chi connectivity index (χ4n) is 1.78. The summed E-state index contributed by atoms with van der Waals surface area (Å²) < 4.78 is 4.75. The van der Waals surface area contributed by atoms with E-state index in [0.29, 0.717) is 5.56 Å². The highest BCUT2D eigenvalue weighted by atomic mass is 16.5. The largest absolute Gasteiger partial charge is 0.465 e. The fourth-order valence-corrected chi connectivity index (χ4v) is 1.78. The van der Waals surface area contributed by atoms with Crippen LogP contribution in [0.3, 0.4) is 0 Å². The van der Waals surface area contributed by atoms with Crippen molar-refractivity contribution in [2.75, 3.05) is 12.4 Å². The van der Waals surface area contributed by atoms with Crippen molar-refractivity contribution in [3.63, 3.8) is 0 Å². The predicted molar refractivity (Wildman–Crippen MR) is 74.9 cm³/mol. The molecule has 0 radical (unpaired) electrons. The van der Waals surface area contributed by atoms with Crippen molar-refractivity contribution in [1.29, 1.82) is 0 Å². The number of hydrogen-bond donors (Lipinski definition) is 1. The van der Waals surface area contributed by atoms with E-state index < -0.39 is 0 Å². The number of benzene rings is 1. The summed E-state index contributed by atoms with van der Waals surface area (Å²) in [6.45, 7) is 10.1. The van der Waals surface area contributed by atoms with E-state index >= 15 is 0 Å². The summed E-state index contributed by atoms with van der Waals surface area (Å²) in [6, 6.07) is 3.66. The maximum absolute atomic E-state index is 11.6. The second-order valence-corrected chi connectivity index (χ2v) is 4.44. The molecule has 0 saturated heterocycles. The van der Waals surface area contributed by atoms with E-state index in [4.69, 9.17) is 4.74 Å². The van der Waals surface area contributed by atoms with E-state index in [9.17, 15) is 4.79 Å². The Labute approximate surface area is 109 Å². The Balaban J connectivity index is 3.06. The Morgan fingerprint density at radius 2 is 2.06 bits per heavy atom. The second-order valence-electron chi connectivity index (χ2n) is 4.44. The predicted octanol–water partition coefficient (Wildman–Crippen LogP) is 3.82. The number of hydrogen-bond acceptors (Lipinski definition) is 3. The van der Waals surface area contributed by atoms with Crippen molar-refractivity contribution in [2.24, 2.45) is 0 Å². The standard InChI is InChI=1S/C15H21NO2/c1-6-7-11(3)16-14-9-13(15(17)18-5)8-10(2)12(14)4/h8-9,16H,3,6-7H2,1-2,4-5H3. The number of nitrogens with one attached hydrogen (secondary N) is 1. The molecule has 1 N–H and O–H groups in total. The van der Waals surface area contributed by atoms with Crippen LogP contribution in [0.1, 0.15) is 41.3 Å². The van der Waals surface area contributed by atoms with Gasteiger partial charge < -0.3 is 10.1 Å². The monoisotopic (exact) mass is 247 g/mol. The lowest BCUT2D eigenvalue weighted by atomic mass is 10.0. The van der Waals surface area contributed by atoms with E-state index in [1.807, 2.05) is 26.0 Å². The Morgan fingerprint density at radius 3 is 2.61 bits per heavy atom. The van der Waals surface area contributed by atoms with Crippen molar-refractivity contribution in [2.45, 2.75) is 33.6 Å². The van der Waals surface area contributed by atoms with Gasteiger partial charge in [0.15, 0.2) is 0 Å². The molecule has 0 aromatic heterocycles. The fraction of sp³-hybridized carbons (Fsp3) is 0.400. The zero-order valence-electron chi connectivity index (χ0n) is 11.6. The molecule has 0 saturated carbocycles. The first-order valence-corrected chi connectivity index (χ1v) is 6.14. The maximum Gasteiger partial charge on any atom is 0.337 e. The van der Waals surface area contributed by atoms with Crippen LogP contribution >= 0.6 is 0 Å². The summed E-state index contributed by atoms with van der Waals surface area (Å²) in [5.74, 6) is -0.317. The van der Waals surface area contributed by atoms with Crippen molar-refractivity contribution in [1.82, 2.24) is 0 Å². The Morgan fingerprint density at radius 1 is 1.39 bits per heavy atom. The second kappa shape index (κ2) is 6.24. The summed E-state index contributed by atoms with van der Waals surface area (Å²) in [4.78, 5) is 11.6. The minimum absolute atomic E-state index is 0.317. The van der Waals surface area contributed by atoms with Crippen molar-refractivity contribution in [3.05, 3.63) is 41.1 Å². The zero-order chi connectivity index (χ0) is 13.7. The third-order valence-electron chi connectivity index (χ3n) is 2.95. The molecule has 98 valence electrons. The highest BCUT2D eigenvalue weighted by Crippen LogP contribution is 2.23. The Bertz CT molecular complexity index is 464. The quantitative estimate of drug-likeness (QED) is 0.804. The van der Waals surface area contributed by atoms with Crippen LogP contribution in [0, 0.1) is 13.8 Å². The van der Waals surface area contributed by atoms with Crippen LogP contribution in [0.2, 0.25) is 0 Å². The number of aryl methyl sites for hydroxylation is 1. The van der Waals surface area contributed by atoms with E-state index in [-0.39, 0.29) is 5.97 Å². The number of rotatable bonds is 5. The van der Waals surface area contributed by atoms with Crippen LogP contribution in [0.5, 0.6) is 0 Å². The molecule has 0 aliphatic carbocycles. The topological polar surface area (TPSA) is 38.3 Å². The number of allylic oxidation sites excluding steroid dienone is 1. The Hall–Kier alpha value is -1.77. The first-order chi connectivity index (χ1) is 8.49. The summed E-state index contributed by atoms with van der Waals surface area (Å²) in [6.07, 6.45) is 1.96. The van der Waals surface area contributed by atoms with E-state index in [1.54, 1.807) is 0 Å². The van der Waals surface area contributed by atoms with Crippen LogP contribution in [0.25, 0.3) is 0 Å². The minimum atomic E-state index is -0.317. The van der Waals surface area contributed by atoms with Gasteiger partial charge in [0.25, 0.3) is 0 Å². The number of methoxy groups -OCH3 is 1. The van der Waals surface area contributed by atoms with Gasteiger partial charge in [0, 0.05) is 11.4 Å². The van der Waals surface area contributed by atoms with Gasteiger partial charge in [-0.25, -0.2) is 4.79 Å². The molecule has 0 spiro atoms. The number of ether oxygens (including phenoxy) is 1. The van der Waals surface area contributed by atoms with Crippen LogP contribution in [0.15, 0.2) is 24.4 Å². The molecule has 0 fully saturated rings. The van der Waals surface area contributed by atoms with Gasteiger partial charge in [-0.3, -0.25) is 0 Å². The third kappa shape index (κ3) is 3.36. The van der Waals surface area contributed by atoms with Crippen LogP contribution in [-0.2, 0) is 4.74 Å². The summed E-state index contributed by atoms with van der Waals surface area (Å²) in [5, 5.41) is 3.27. The minimum Gasteiger partial charge on any atom is -0.465 e. The summed E-state index contributed by atoms with van der Waals surface area (Å²) in [5.41, 5.74) is 4.63. The molecule has 0 bridgehead atoms. The summed E-state index contributed by atoms with van der Waals surface area (Å²) in [7, 11) is 1.39. The van der Waals surface area contributed by atoms with Crippen LogP contribution < -0.4 is 5.32 Å². The average molecular weight is 247 g/mol. The number of carbonyl (C=O) groups excluding carboxylic acids is 1. The number of esters is 1. The molecule has 0 unspecified atom stereocenters. The summed E-state index contributed by atoms with van der Waals surface area (Å²) >= 11 is 0. The average Bonchev–Trinajstić information content (AvgIpc) is 2.34. The van der Waals surface area contributed by atoms with Gasteiger partial charge >= 0.3 is 5.97 Å². The van der Waals surface area contributed by atoms with E-state index in [1.165, 1.54) is 7.11 Å². The molecule has 1 aromatic rings. The van der Waals surface area contributed by atoms with Crippen molar-refractivity contribution >= 4 is 11.7 Å². The molecule has 3 heteroatoms. The van der Waals surface area contributed by atoms with Gasteiger partial charge in [0.1, 0.15) is 0 Å². The van der Waals surface area contributed by atoms with E-state index in [2.05, 4.69) is 18.8 Å². The molecular weight excluding hydrogens is 226 g/mol. The smallest absolute Gasteiger partial charge is 0.337 e. The van der Waals surface area contributed by atoms with Gasteiger partial charge in [0.05, 0.1) is 12.7 Å². The Kier molecular flexibility index (Phi) is 4.95. The molecule has 0 amide bonds.